The lowest BCUT2D eigenvalue weighted by molar-refractivity contribution is -0.116. The fraction of sp³-hybridized carbons (Fsp3) is 0.300. The molecule has 0 fully saturated rings. The van der Waals surface area contributed by atoms with Gasteiger partial charge in [-0.1, -0.05) is 18.2 Å². The third-order valence-electron chi connectivity index (χ3n) is 4.67. The van der Waals surface area contributed by atoms with Crippen LogP contribution < -0.4 is 5.32 Å². The molecule has 7 nitrogen and oxygen atoms in total. The molecule has 1 N–H and O–H groups in total. The average molecular weight is 362 g/mol. The summed E-state index contributed by atoms with van der Waals surface area (Å²) in [6.07, 6.45) is 13.0. The van der Waals surface area contributed by atoms with Gasteiger partial charge in [-0.05, 0) is 43.4 Å². The van der Waals surface area contributed by atoms with E-state index in [1.54, 1.807) is 23.3 Å². The summed E-state index contributed by atoms with van der Waals surface area (Å²) in [7, 11) is 0. The number of pyridine rings is 1. The number of rotatable bonds is 6. The Hall–Kier alpha value is -3.22. The highest BCUT2D eigenvalue weighted by atomic mass is 16.2. The van der Waals surface area contributed by atoms with Gasteiger partial charge < -0.3 is 5.32 Å². The second kappa shape index (κ2) is 7.99. The van der Waals surface area contributed by atoms with Gasteiger partial charge in [0.05, 0.1) is 11.9 Å². The van der Waals surface area contributed by atoms with Crippen LogP contribution in [0.5, 0.6) is 0 Å². The van der Waals surface area contributed by atoms with Gasteiger partial charge in [0.15, 0.2) is 0 Å². The van der Waals surface area contributed by atoms with Gasteiger partial charge in [0.2, 0.25) is 5.91 Å². The number of anilines is 1. The largest absolute Gasteiger partial charge is 0.309 e. The van der Waals surface area contributed by atoms with E-state index in [2.05, 4.69) is 32.7 Å². The molecule has 138 valence electrons. The van der Waals surface area contributed by atoms with E-state index in [0.717, 1.165) is 43.0 Å². The van der Waals surface area contributed by atoms with Crippen molar-refractivity contribution in [3.63, 3.8) is 0 Å². The van der Waals surface area contributed by atoms with Crippen LogP contribution in [0.2, 0.25) is 0 Å². The van der Waals surface area contributed by atoms with Crippen molar-refractivity contribution in [2.24, 2.45) is 5.92 Å². The van der Waals surface area contributed by atoms with Crippen molar-refractivity contribution in [2.45, 2.75) is 32.4 Å². The van der Waals surface area contributed by atoms with Crippen molar-refractivity contribution in [1.29, 1.82) is 0 Å². The Morgan fingerprint density at radius 3 is 2.93 bits per heavy atom. The van der Waals surface area contributed by atoms with Gasteiger partial charge in [0, 0.05) is 25.0 Å². The lowest BCUT2D eigenvalue weighted by Crippen LogP contribution is -2.22. The van der Waals surface area contributed by atoms with Crippen molar-refractivity contribution < 1.29 is 4.79 Å². The summed E-state index contributed by atoms with van der Waals surface area (Å²) in [5.41, 5.74) is 1.54. The van der Waals surface area contributed by atoms with Crippen LogP contribution >= 0.6 is 0 Å². The minimum atomic E-state index is -0.129. The summed E-state index contributed by atoms with van der Waals surface area (Å²) in [6, 6.07) is 9.36. The summed E-state index contributed by atoms with van der Waals surface area (Å²) in [5.74, 6) is 1.17. The number of nitrogens with one attached hydrogen (secondary N) is 1. The van der Waals surface area contributed by atoms with Crippen LogP contribution in [0.3, 0.4) is 0 Å². The molecule has 0 radical (unpaired) electrons. The Balaban J connectivity index is 1.37. The van der Waals surface area contributed by atoms with Gasteiger partial charge in [-0.3, -0.25) is 14.5 Å². The summed E-state index contributed by atoms with van der Waals surface area (Å²) < 4.78 is 3.50. The number of amides is 1. The van der Waals surface area contributed by atoms with Crippen molar-refractivity contribution in [1.82, 2.24) is 24.5 Å². The van der Waals surface area contributed by atoms with E-state index in [4.69, 9.17) is 0 Å². The molecule has 1 atom stereocenters. The number of carbonyl (C=O) groups is 1. The van der Waals surface area contributed by atoms with Crippen LogP contribution in [0.1, 0.15) is 19.3 Å². The van der Waals surface area contributed by atoms with Gasteiger partial charge in [-0.2, -0.15) is 10.2 Å². The van der Waals surface area contributed by atoms with E-state index in [-0.39, 0.29) is 12.5 Å². The average Bonchev–Trinajstić information content (AvgIpc) is 3.33. The van der Waals surface area contributed by atoms with E-state index >= 15 is 0 Å². The second-order valence-electron chi connectivity index (χ2n) is 6.71. The summed E-state index contributed by atoms with van der Waals surface area (Å²) in [6.45, 7) is 0.961. The minimum absolute atomic E-state index is 0.129. The van der Waals surface area contributed by atoms with E-state index in [1.165, 1.54) is 0 Å². The Morgan fingerprint density at radius 2 is 2.11 bits per heavy atom. The number of carbonyl (C=O) groups excluding carboxylic acids is 1. The summed E-state index contributed by atoms with van der Waals surface area (Å²) in [5, 5.41) is 11.7. The molecule has 3 aromatic heterocycles. The van der Waals surface area contributed by atoms with Crippen LogP contribution in [0.4, 0.5) is 5.82 Å². The molecule has 0 bridgehead atoms. The molecule has 7 heteroatoms. The molecule has 0 saturated carbocycles. The third-order valence-corrected chi connectivity index (χ3v) is 4.67. The van der Waals surface area contributed by atoms with Crippen LogP contribution in [-0.2, 0) is 17.9 Å². The number of nitrogens with zero attached hydrogens (tertiary/aromatic N) is 5. The van der Waals surface area contributed by atoms with Crippen molar-refractivity contribution in [3.05, 3.63) is 61.1 Å². The number of hydrogen-bond donors (Lipinski definition) is 1. The number of allylic oxidation sites excluding steroid dienone is 2. The first kappa shape index (κ1) is 17.2. The fourth-order valence-corrected chi connectivity index (χ4v) is 3.28. The van der Waals surface area contributed by atoms with Gasteiger partial charge in [0.1, 0.15) is 18.1 Å². The van der Waals surface area contributed by atoms with Crippen molar-refractivity contribution in [2.75, 3.05) is 5.32 Å². The molecular formula is C20H22N6O. The highest BCUT2D eigenvalue weighted by Crippen LogP contribution is 2.21. The summed E-state index contributed by atoms with van der Waals surface area (Å²) >= 11 is 0. The summed E-state index contributed by atoms with van der Waals surface area (Å²) in [4.78, 5) is 16.7. The highest BCUT2D eigenvalue weighted by Gasteiger charge is 2.15. The smallest absolute Gasteiger partial charge is 0.247 e. The Kier molecular flexibility index (Phi) is 5.09. The first-order valence-corrected chi connectivity index (χ1v) is 9.19. The molecular weight excluding hydrogens is 340 g/mol. The second-order valence-corrected chi connectivity index (χ2v) is 6.71. The van der Waals surface area contributed by atoms with Crippen molar-refractivity contribution >= 4 is 11.7 Å². The van der Waals surface area contributed by atoms with E-state index in [0.29, 0.717) is 5.92 Å². The zero-order chi connectivity index (χ0) is 18.5. The molecule has 3 aromatic rings. The highest BCUT2D eigenvalue weighted by molar-refractivity contribution is 5.89. The van der Waals surface area contributed by atoms with E-state index < -0.39 is 0 Å². The SMILES string of the molecule is O=C(Cn1ccc(-c2ccccn2)n1)Nc1ccnn1CC1CC=CCC1. The minimum Gasteiger partial charge on any atom is -0.309 e. The lowest BCUT2D eigenvalue weighted by Gasteiger charge is -2.19. The Labute approximate surface area is 157 Å². The molecule has 4 rings (SSSR count). The van der Waals surface area contributed by atoms with Gasteiger partial charge in [0.25, 0.3) is 0 Å². The maximum atomic E-state index is 12.4. The van der Waals surface area contributed by atoms with Crippen LogP contribution in [0, 0.1) is 5.92 Å². The molecule has 1 aliphatic rings. The molecule has 1 aliphatic carbocycles. The van der Waals surface area contributed by atoms with Crippen LogP contribution in [0.25, 0.3) is 11.4 Å². The normalized spacial score (nSPS) is 16.4. The van der Waals surface area contributed by atoms with Gasteiger partial charge in [-0.25, -0.2) is 4.68 Å². The number of hydrogen-bond acceptors (Lipinski definition) is 4. The fourth-order valence-electron chi connectivity index (χ4n) is 3.28. The predicted octanol–water partition coefficient (Wildman–Crippen LogP) is 3.14. The van der Waals surface area contributed by atoms with Crippen molar-refractivity contribution in [3.8, 4) is 11.4 Å². The predicted molar refractivity (Wildman–Crippen MR) is 103 cm³/mol. The van der Waals surface area contributed by atoms with E-state index in [1.807, 2.05) is 35.0 Å². The first-order chi connectivity index (χ1) is 13.3. The maximum Gasteiger partial charge on any atom is 0.247 e. The quantitative estimate of drug-likeness (QED) is 0.684. The maximum absolute atomic E-state index is 12.4. The molecule has 1 unspecified atom stereocenters. The van der Waals surface area contributed by atoms with Crippen LogP contribution in [-0.4, -0.2) is 30.5 Å². The zero-order valence-electron chi connectivity index (χ0n) is 15.0. The standard InChI is InChI=1S/C20H22N6O/c27-20(15-25-13-10-18(24-25)17-8-4-5-11-21-17)23-19-9-12-22-26(19)14-16-6-2-1-3-7-16/h1-2,4-5,8-13,16H,3,6-7,14-15H2,(H,23,27). The molecule has 0 saturated heterocycles. The van der Waals surface area contributed by atoms with Gasteiger partial charge >= 0.3 is 0 Å². The molecule has 27 heavy (non-hydrogen) atoms. The molecule has 0 spiro atoms. The monoisotopic (exact) mass is 362 g/mol. The Morgan fingerprint density at radius 1 is 1.15 bits per heavy atom. The van der Waals surface area contributed by atoms with Gasteiger partial charge in [-0.15, -0.1) is 0 Å². The molecule has 0 aromatic carbocycles. The van der Waals surface area contributed by atoms with Crippen LogP contribution in [0.15, 0.2) is 61.1 Å². The lowest BCUT2D eigenvalue weighted by atomic mass is 9.94. The number of aromatic nitrogens is 5. The molecule has 1 amide bonds. The topological polar surface area (TPSA) is 77.6 Å². The first-order valence-electron chi connectivity index (χ1n) is 9.19. The third kappa shape index (κ3) is 4.31. The zero-order valence-corrected chi connectivity index (χ0v) is 15.0. The molecule has 3 heterocycles. The van der Waals surface area contributed by atoms with E-state index in [9.17, 15) is 4.79 Å². The molecule has 0 aliphatic heterocycles. The Bertz CT molecular complexity index is 927.